The predicted octanol–water partition coefficient (Wildman–Crippen LogP) is 1.36. The minimum Gasteiger partial charge on any atom is -0.480 e. The standard InChI is InChI=1S/C30H42N4O9S/c1-19-26(44-18-32-19)21-7-5-20(6-8-21)14-31-28(39)23-13-22(35)15-34(23)29(40)27(30(2,3)4)33-24(36)16-42-11-9-41-10-12-43-17-25(37)38/h5-8,18,22-23,27,35H,9-17H2,1-4H3,(H,31,39)(H,33,36)(H,37,38)/t22-,23+,27?/m1/s1. The Bertz CT molecular complexity index is 1260. The molecule has 1 aliphatic rings. The van der Waals surface area contributed by atoms with Crippen LogP contribution in [0.2, 0.25) is 0 Å². The van der Waals surface area contributed by atoms with Crippen molar-refractivity contribution in [2.45, 2.75) is 58.8 Å². The van der Waals surface area contributed by atoms with E-state index in [4.69, 9.17) is 19.3 Å². The number of rotatable bonds is 16. The first kappa shape index (κ1) is 35.1. The Morgan fingerprint density at radius 1 is 1.05 bits per heavy atom. The average Bonchev–Trinajstić information content (AvgIpc) is 3.58. The van der Waals surface area contributed by atoms with Crippen molar-refractivity contribution in [3.8, 4) is 10.4 Å². The molecule has 4 N–H and O–H groups in total. The Kier molecular flexibility index (Phi) is 13.2. The van der Waals surface area contributed by atoms with Gasteiger partial charge in [0.15, 0.2) is 0 Å². The molecule has 0 saturated carbocycles. The molecule has 1 unspecified atom stereocenters. The van der Waals surface area contributed by atoms with Gasteiger partial charge in [0.1, 0.15) is 25.3 Å². The van der Waals surface area contributed by atoms with Crippen molar-refractivity contribution in [2.75, 3.05) is 46.2 Å². The van der Waals surface area contributed by atoms with E-state index in [2.05, 4.69) is 15.6 Å². The van der Waals surface area contributed by atoms with Crippen LogP contribution in [0.3, 0.4) is 0 Å². The molecule has 14 heteroatoms. The Morgan fingerprint density at radius 2 is 1.68 bits per heavy atom. The van der Waals surface area contributed by atoms with Crippen LogP contribution in [0.25, 0.3) is 10.4 Å². The van der Waals surface area contributed by atoms with Gasteiger partial charge in [0.05, 0.1) is 48.6 Å². The highest BCUT2D eigenvalue weighted by atomic mass is 32.1. The molecule has 2 heterocycles. The molecule has 1 aromatic heterocycles. The molecule has 3 rings (SSSR count). The van der Waals surface area contributed by atoms with Crippen molar-refractivity contribution in [3.05, 3.63) is 41.0 Å². The van der Waals surface area contributed by atoms with E-state index in [1.807, 2.05) is 31.2 Å². The van der Waals surface area contributed by atoms with Gasteiger partial charge < -0.3 is 40.0 Å². The number of aliphatic carboxylic acids is 1. The minimum absolute atomic E-state index is 0.0215. The van der Waals surface area contributed by atoms with Crippen LogP contribution in [0, 0.1) is 12.3 Å². The van der Waals surface area contributed by atoms with E-state index in [1.165, 1.54) is 4.90 Å². The Labute approximate surface area is 260 Å². The maximum Gasteiger partial charge on any atom is 0.329 e. The van der Waals surface area contributed by atoms with Crippen LogP contribution in [0.15, 0.2) is 29.8 Å². The fraction of sp³-hybridized carbons (Fsp3) is 0.567. The number of β-amino-alcohol motifs (C(OH)–C–C–N with tert-alkyl or cyclic N) is 1. The molecule has 44 heavy (non-hydrogen) atoms. The maximum atomic E-state index is 13.7. The first-order valence-electron chi connectivity index (χ1n) is 14.4. The highest BCUT2D eigenvalue weighted by Crippen LogP contribution is 2.28. The van der Waals surface area contributed by atoms with Gasteiger partial charge in [-0.3, -0.25) is 14.4 Å². The van der Waals surface area contributed by atoms with Crippen molar-refractivity contribution >= 4 is 35.0 Å². The number of carbonyl (C=O) groups excluding carboxylic acids is 3. The lowest BCUT2D eigenvalue weighted by Crippen LogP contribution is -2.58. The van der Waals surface area contributed by atoms with Crippen molar-refractivity contribution in [1.29, 1.82) is 0 Å². The number of carboxylic acids is 1. The van der Waals surface area contributed by atoms with Gasteiger partial charge in [-0.1, -0.05) is 45.0 Å². The van der Waals surface area contributed by atoms with Gasteiger partial charge in [0.25, 0.3) is 0 Å². The van der Waals surface area contributed by atoms with Crippen LogP contribution < -0.4 is 10.6 Å². The van der Waals surface area contributed by atoms with Crippen molar-refractivity contribution in [1.82, 2.24) is 20.5 Å². The molecule has 1 aliphatic heterocycles. The first-order chi connectivity index (χ1) is 20.9. The van der Waals surface area contributed by atoms with Gasteiger partial charge in [-0.05, 0) is 23.5 Å². The van der Waals surface area contributed by atoms with E-state index >= 15 is 0 Å². The van der Waals surface area contributed by atoms with Gasteiger partial charge in [-0.25, -0.2) is 9.78 Å². The number of aryl methyl sites for hydroxylation is 1. The molecule has 0 spiro atoms. The molecule has 0 bridgehead atoms. The number of ether oxygens (including phenoxy) is 3. The summed E-state index contributed by atoms with van der Waals surface area (Å²) >= 11 is 1.57. The summed E-state index contributed by atoms with van der Waals surface area (Å²) in [7, 11) is 0. The predicted molar refractivity (Wildman–Crippen MR) is 162 cm³/mol. The first-order valence-corrected chi connectivity index (χ1v) is 15.2. The average molecular weight is 635 g/mol. The van der Waals surface area contributed by atoms with E-state index in [0.717, 1.165) is 21.7 Å². The number of hydrogen-bond donors (Lipinski definition) is 4. The van der Waals surface area contributed by atoms with Crippen LogP contribution in [-0.4, -0.2) is 108 Å². The smallest absolute Gasteiger partial charge is 0.329 e. The van der Waals surface area contributed by atoms with Crippen LogP contribution >= 0.6 is 11.3 Å². The van der Waals surface area contributed by atoms with Gasteiger partial charge in [0.2, 0.25) is 17.7 Å². The SMILES string of the molecule is Cc1ncsc1-c1ccc(CNC(=O)[C@@H]2C[C@@H](O)CN2C(=O)C(NC(=O)COCCOCCOCC(=O)O)C(C)(C)C)cc1. The van der Waals surface area contributed by atoms with E-state index in [9.17, 15) is 24.3 Å². The number of aliphatic hydroxyl groups excluding tert-OH is 1. The summed E-state index contributed by atoms with van der Waals surface area (Å²) in [5, 5.41) is 24.5. The quantitative estimate of drug-likeness (QED) is 0.197. The second kappa shape index (κ2) is 16.6. The highest BCUT2D eigenvalue weighted by molar-refractivity contribution is 7.13. The molecular weight excluding hydrogens is 592 g/mol. The summed E-state index contributed by atoms with van der Waals surface area (Å²) in [6.45, 7) is 7.45. The molecule has 3 amide bonds. The van der Waals surface area contributed by atoms with Crippen molar-refractivity contribution < 1.29 is 43.6 Å². The zero-order chi connectivity index (χ0) is 32.3. The summed E-state index contributed by atoms with van der Waals surface area (Å²) < 4.78 is 15.5. The minimum atomic E-state index is -1.06. The largest absolute Gasteiger partial charge is 0.480 e. The van der Waals surface area contributed by atoms with Crippen molar-refractivity contribution in [3.63, 3.8) is 0 Å². The molecule has 0 radical (unpaired) electrons. The maximum absolute atomic E-state index is 13.7. The molecular formula is C30H42N4O9S. The summed E-state index contributed by atoms with van der Waals surface area (Å²) in [5.74, 6) is -2.42. The third kappa shape index (κ3) is 10.6. The lowest BCUT2D eigenvalue weighted by Gasteiger charge is -2.35. The summed E-state index contributed by atoms with van der Waals surface area (Å²) in [5.41, 5.74) is 4.00. The molecule has 242 valence electrons. The van der Waals surface area contributed by atoms with Crippen LogP contribution in [0.5, 0.6) is 0 Å². The van der Waals surface area contributed by atoms with Gasteiger partial charge in [0, 0.05) is 19.5 Å². The number of thiazole rings is 1. The number of carboxylic acid groups (broad SMARTS) is 1. The van der Waals surface area contributed by atoms with Gasteiger partial charge in [-0.2, -0.15) is 0 Å². The fourth-order valence-corrected chi connectivity index (χ4v) is 5.46. The summed E-state index contributed by atoms with van der Waals surface area (Å²) in [6, 6.07) is 5.96. The number of amides is 3. The molecule has 1 aromatic carbocycles. The van der Waals surface area contributed by atoms with Crippen LogP contribution in [-0.2, 0) is 39.9 Å². The number of nitrogens with zero attached hydrogens (tertiary/aromatic N) is 2. The summed E-state index contributed by atoms with van der Waals surface area (Å²) in [4.78, 5) is 56.7. The van der Waals surface area contributed by atoms with E-state index < -0.39 is 48.0 Å². The zero-order valence-electron chi connectivity index (χ0n) is 25.5. The Balaban J connectivity index is 1.50. The molecule has 3 atom stereocenters. The summed E-state index contributed by atoms with van der Waals surface area (Å²) in [6.07, 6.45) is -0.776. The third-order valence-electron chi connectivity index (χ3n) is 6.91. The van der Waals surface area contributed by atoms with E-state index in [1.54, 1.807) is 37.6 Å². The molecule has 0 aliphatic carbocycles. The topological polar surface area (TPSA) is 177 Å². The lowest BCUT2D eigenvalue weighted by molar-refractivity contribution is -0.144. The monoisotopic (exact) mass is 634 g/mol. The molecule has 1 fully saturated rings. The zero-order valence-corrected chi connectivity index (χ0v) is 26.4. The van der Waals surface area contributed by atoms with Crippen LogP contribution in [0.4, 0.5) is 0 Å². The number of hydrogen-bond acceptors (Lipinski definition) is 10. The lowest BCUT2D eigenvalue weighted by atomic mass is 9.85. The molecule has 2 aromatic rings. The van der Waals surface area contributed by atoms with Crippen LogP contribution in [0.1, 0.15) is 38.4 Å². The van der Waals surface area contributed by atoms with E-state index in [-0.39, 0.29) is 58.5 Å². The fourth-order valence-electron chi connectivity index (χ4n) is 4.65. The van der Waals surface area contributed by atoms with Gasteiger partial charge >= 0.3 is 5.97 Å². The number of aromatic nitrogens is 1. The number of benzene rings is 1. The van der Waals surface area contributed by atoms with Crippen molar-refractivity contribution in [2.24, 2.45) is 5.41 Å². The Hall–Kier alpha value is -3.43. The highest BCUT2D eigenvalue weighted by Gasteiger charge is 2.44. The number of aliphatic hydroxyl groups is 1. The third-order valence-corrected chi connectivity index (χ3v) is 7.89. The Morgan fingerprint density at radius 3 is 2.27 bits per heavy atom. The second-order valence-corrected chi connectivity index (χ2v) is 12.4. The van der Waals surface area contributed by atoms with Gasteiger partial charge in [-0.15, -0.1) is 11.3 Å². The molecule has 1 saturated heterocycles. The second-order valence-electron chi connectivity index (χ2n) is 11.6. The number of nitrogens with one attached hydrogen (secondary N) is 2. The normalized spacial score (nSPS) is 17.3. The number of likely N-dealkylation sites (tertiary alicyclic amines) is 1. The van der Waals surface area contributed by atoms with E-state index in [0.29, 0.717) is 0 Å². The molecule has 13 nitrogen and oxygen atoms in total. The number of carbonyl (C=O) groups is 4.